The number of rotatable bonds is 5. The summed E-state index contributed by atoms with van der Waals surface area (Å²) in [6.45, 7) is 6.25. The van der Waals surface area contributed by atoms with Crippen molar-refractivity contribution in [1.82, 2.24) is 19.4 Å². The molecule has 0 aliphatic carbocycles. The van der Waals surface area contributed by atoms with Crippen LogP contribution >= 0.6 is 0 Å². The molecule has 0 saturated carbocycles. The average Bonchev–Trinajstić information content (AvgIpc) is 3.19. The lowest BCUT2D eigenvalue weighted by Gasteiger charge is -2.34. The molecule has 2 N–H and O–H groups in total. The van der Waals surface area contributed by atoms with Crippen molar-refractivity contribution in [2.24, 2.45) is 5.92 Å². The molecule has 1 saturated heterocycles. The van der Waals surface area contributed by atoms with Gasteiger partial charge in [-0.3, -0.25) is 9.78 Å². The summed E-state index contributed by atoms with van der Waals surface area (Å²) >= 11 is 0. The zero-order chi connectivity index (χ0) is 20.4. The predicted octanol–water partition coefficient (Wildman–Crippen LogP) is 3.62. The van der Waals surface area contributed by atoms with E-state index in [-0.39, 0.29) is 17.7 Å². The van der Waals surface area contributed by atoms with Crippen LogP contribution in [-0.2, 0) is 17.8 Å². The van der Waals surface area contributed by atoms with Gasteiger partial charge in [0.05, 0.1) is 22.8 Å². The molecule has 1 fully saturated rings. The number of para-hydroxylation sites is 1. The van der Waals surface area contributed by atoms with Crippen LogP contribution in [0.25, 0.3) is 10.9 Å². The Bertz CT molecular complexity index is 1010. The van der Waals surface area contributed by atoms with Crippen molar-refractivity contribution in [3.05, 3.63) is 54.2 Å². The number of aryl methyl sites for hydroxylation is 1. The fraction of sp³-hybridized carbons (Fsp3) is 0.435. The monoisotopic (exact) mass is 391 g/mol. The van der Waals surface area contributed by atoms with Gasteiger partial charge in [0.15, 0.2) is 0 Å². The average molecular weight is 392 g/mol. The number of hydrogen-bond acceptors (Lipinski definition) is 4. The Morgan fingerprint density at radius 1 is 1.34 bits per heavy atom. The molecule has 1 amide bonds. The summed E-state index contributed by atoms with van der Waals surface area (Å²) in [6, 6.07) is 10.0. The SMILES string of the molecule is CCc1nccn1C[C@H](C)C(=O)N1CCC[C@@H](c2nc3ccccc3cc2N)C1. The molecule has 0 unspecified atom stereocenters. The van der Waals surface area contributed by atoms with E-state index in [2.05, 4.69) is 16.5 Å². The van der Waals surface area contributed by atoms with E-state index >= 15 is 0 Å². The highest BCUT2D eigenvalue weighted by atomic mass is 16.2. The lowest BCUT2D eigenvalue weighted by Crippen LogP contribution is -2.43. The number of piperidine rings is 1. The van der Waals surface area contributed by atoms with Gasteiger partial charge in [0.2, 0.25) is 5.91 Å². The van der Waals surface area contributed by atoms with Crippen molar-refractivity contribution in [1.29, 1.82) is 0 Å². The summed E-state index contributed by atoms with van der Waals surface area (Å²) in [6.07, 6.45) is 6.62. The maximum absolute atomic E-state index is 13.1. The molecule has 2 atom stereocenters. The minimum atomic E-state index is -0.0878. The molecule has 0 radical (unpaired) electrons. The number of carbonyl (C=O) groups is 1. The predicted molar refractivity (Wildman–Crippen MR) is 115 cm³/mol. The maximum atomic E-state index is 13.1. The number of imidazole rings is 1. The second-order valence-corrected chi connectivity index (χ2v) is 8.03. The Labute approximate surface area is 171 Å². The number of anilines is 1. The van der Waals surface area contributed by atoms with E-state index < -0.39 is 0 Å². The third kappa shape index (κ3) is 3.97. The van der Waals surface area contributed by atoms with Crippen LogP contribution in [0.15, 0.2) is 42.7 Å². The summed E-state index contributed by atoms with van der Waals surface area (Å²) < 4.78 is 2.09. The quantitative estimate of drug-likeness (QED) is 0.721. The minimum Gasteiger partial charge on any atom is -0.397 e. The fourth-order valence-corrected chi connectivity index (χ4v) is 4.38. The number of pyridine rings is 1. The molecule has 4 rings (SSSR count). The van der Waals surface area contributed by atoms with E-state index in [9.17, 15) is 4.79 Å². The lowest BCUT2D eigenvalue weighted by molar-refractivity contribution is -0.136. The van der Waals surface area contributed by atoms with Gasteiger partial charge in [-0.05, 0) is 25.0 Å². The van der Waals surface area contributed by atoms with E-state index in [4.69, 9.17) is 10.7 Å². The number of amides is 1. The molecule has 0 spiro atoms. The Hall–Kier alpha value is -2.89. The van der Waals surface area contributed by atoms with E-state index in [0.29, 0.717) is 13.1 Å². The van der Waals surface area contributed by atoms with Crippen LogP contribution in [-0.4, -0.2) is 38.4 Å². The Morgan fingerprint density at radius 2 is 2.17 bits per heavy atom. The van der Waals surface area contributed by atoms with E-state index in [1.54, 1.807) is 6.20 Å². The molecule has 29 heavy (non-hydrogen) atoms. The highest BCUT2D eigenvalue weighted by Crippen LogP contribution is 2.32. The molecule has 1 aromatic carbocycles. The number of hydrogen-bond donors (Lipinski definition) is 1. The van der Waals surface area contributed by atoms with Gasteiger partial charge >= 0.3 is 0 Å². The van der Waals surface area contributed by atoms with Gasteiger partial charge in [0, 0.05) is 49.8 Å². The van der Waals surface area contributed by atoms with Gasteiger partial charge in [-0.15, -0.1) is 0 Å². The molecule has 6 nitrogen and oxygen atoms in total. The molecular weight excluding hydrogens is 362 g/mol. The van der Waals surface area contributed by atoms with Crippen molar-refractivity contribution >= 4 is 22.5 Å². The van der Waals surface area contributed by atoms with E-state index in [1.165, 1.54) is 0 Å². The van der Waals surface area contributed by atoms with Gasteiger partial charge in [-0.25, -0.2) is 4.98 Å². The minimum absolute atomic E-state index is 0.0878. The Morgan fingerprint density at radius 3 is 3.00 bits per heavy atom. The third-order valence-corrected chi connectivity index (χ3v) is 5.91. The van der Waals surface area contributed by atoms with Crippen molar-refractivity contribution in [2.75, 3.05) is 18.8 Å². The first kappa shape index (κ1) is 19.4. The van der Waals surface area contributed by atoms with Gasteiger partial charge in [0.1, 0.15) is 5.82 Å². The number of benzene rings is 1. The highest BCUT2D eigenvalue weighted by Gasteiger charge is 2.29. The van der Waals surface area contributed by atoms with Gasteiger partial charge < -0.3 is 15.2 Å². The number of likely N-dealkylation sites (tertiary alicyclic amines) is 1. The van der Waals surface area contributed by atoms with Crippen LogP contribution in [0.1, 0.15) is 44.1 Å². The van der Waals surface area contributed by atoms with Crippen LogP contribution in [0.4, 0.5) is 5.69 Å². The molecule has 1 aliphatic heterocycles. The summed E-state index contributed by atoms with van der Waals surface area (Å²) in [4.78, 5) is 24.3. The van der Waals surface area contributed by atoms with Gasteiger partial charge in [0.25, 0.3) is 0 Å². The second kappa shape index (κ2) is 8.23. The molecule has 152 valence electrons. The van der Waals surface area contributed by atoms with Crippen LogP contribution < -0.4 is 5.73 Å². The number of fused-ring (bicyclic) bond motifs is 1. The molecular formula is C23H29N5O. The summed E-state index contributed by atoms with van der Waals surface area (Å²) in [7, 11) is 0. The zero-order valence-corrected chi connectivity index (χ0v) is 17.2. The number of nitrogens with zero attached hydrogens (tertiary/aromatic N) is 4. The van der Waals surface area contributed by atoms with Crippen LogP contribution in [0.5, 0.6) is 0 Å². The largest absolute Gasteiger partial charge is 0.397 e. The van der Waals surface area contributed by atoms with Crippen molar-refractivity contribution in [3.8, 4) is 0 Å². The molecule has 2 aromatic heterocycles. The molecule has 0 bridgehead atoms. The van der Waals surface area contributed by atoms with Crippen LogP contribution in [0.3, 0.4) is 0 Å². The fourth-order valence-electron chi connectivity index (χ4n) is 4.38. The van der Waals surface area contributed by atoms with E-state index in [0.717, 1.165) is 53.9 Å². The van der Waals surface area contributed by atoms with Crippen LogP contribution in [0, 0.1) is 5.92 Å². The van der Waals surface area contributed by atoms with Gasteiger partial charge in [-0.2, -0.15) is 0 Å². The molecule has 6 heteroatoms. The summed E-state index contributed by atoms with van der Waals surface area (Å²) in [5.74, 6) is 1.32. The number of carbonyl (C=O) groups excluding carboxylic acids is 1. The number of nitrogens with two attached hydrogens (primary N) is 1. The van der Waals surface area contributed by atoms with Crippen molar-refractivity contribution < 1.29 is 4.79 Å². The lowest BCUT2D eigenvalue weighted by atomic mass is 9.92. The highest BCUT2D eigenvalue weighted by molar-refractivity contribution is 5.82. The van der Waals surface area contributed by atoms with Crippen molar-refractivity contribution in [2.45, 2.75) is 45.6 Å². The standard InChI is InChI=1S/C23H29N5O/c1-3-21-25-10-12-27(21)14-16(2)23(29)28-11-6-8-18(15-28)22-19(24)13-17-7-4-5-9-20(17)26-22/h4-5,7,9-10,12-13,16,18H,3,6,8,11,14-15,24H2,1-2H3/t16-,18+/m0/s1. The zero-order valence-electron chi connectivity index (χ0n) is 17.2. The van der Waals surface area contributed by atoms with Gasteiger partial charge in [-0.1, -0.05) is 32.0 Å². The molecule has 3 heterocycles. The molecule has 3 aromatic rings. The summed E-state index contributed by atoms with van der Waals surface area (Å²) in [5.41, 5.74) is 8.96. The number of nitrogen functional groups attached to an aromatic ring is 1. The Balaban J connectivity index is 1.49. The smallest absolute Gasteiger partial charge is 0.227 e. The number of aromatic nitrogens is 3. The second-order valence-electron chi connectivity index (χ2n) is 8.03. The third-order valence-electron chi connectivity index (χ3n) is 5.91. The van der Waals surface area contributed by atoms with Crippen LogP contribution in [0.2, 0.25) is 0 Å². The maximum Gasteiger partial charge on any atom is 0.227 e. The topological polar surface area (TPSA) is 77.0 Å². The first-order valence-electron chi connectivity index (χ1n) is 10.5. The first-order valence-corrected chi connectivity index (χ1v) is 10.5. The van der Waals surface area contributed by atoms with E-state index in [1.807, 2.05) is 48.4 Å². The summed E-state index contributed by atoms with van der Waals surface area (Å²) in [5, 5.41) is 1.05. The Kier molecular flexibility index (Phi) is 5.51. The molecule has 1 aliphatic rings. The first-order chi connectivity index (χ1) is 14.1. The normalized spacial score (nSPS) is 18.1. The van der Waals surface area contributed by atoms with Crippen molar-refractivity contribution in [3.63, 3.8) is 0 Å².